The van der Waals surface area contributed by atoms with Gasteiger partial charge in [0.1, 0.15) is 0 Å². The first-order valence-corrected chi connectivity index (χ1v) is 7.73. The number of esters is 2. The van der Waals surface area contributed by atoms with Gasteiger partial charge >= 0.3 is 11.9 Å². The van der Waals surface area contributed by atoms with Crippen molar-refractivity contribution in [1.82, 2.24) is 0 Å². The topological polar surface area (TPSA) is 95.7 Å². The van der Waals surface area contributed by atoms with Gasteiger partial charge in [-0.2, -0.15) is 0 Å². The van der Waals surface area contributed by atoms with E-state index in [0.717, 1.165) is 5.56 Å². The summed E-state index contributed by atoms with van der Waals surface area (Å²) in [5, 5.41) is 11.1. The van der Waals surface area contributed by atoms with Crippen molar-refractivity contribution >= 4 is 23.7 Å². The van der Waals surface area contributed by atoms with Gasteiger partial charge in [0.25, 0.3) is 5.69 Å². The van der Waals surface area contributed by atoms with Gasteiger partial charge in [-0.05, 0) is 31.9 Å². The number of nitro benzene ring substituents is 1. The minimum Gasteiger partial charge on any atom is -0.465 e. The van der Waals surface area contributed by atoms with Crippen LogP contribution in [0.2, 0.25) is 0 Å². The molecule has 1 aromatic carbocycles. The molecule has 0 heterocycles. The van der Waals surface area contributed by atoms with Gasteiger partial charge in [0.05, 0.1) is 23.7 Å². The van der Waals surface area contributed by atoms with E-state index in [-0.39, 0.29) is 18.9 Å². The first kappa shape index (κ1) is 19.3. The molecule has 7 heteroatoms. The summed E-state index contributed by atoms with van der Waals surface area (Å²) in [5.74, 6) is -2.75. The van der Waals surface area contributed by atoms with Gasteiger partial charge in [0.15, 0.2) is 5.92 Å². The van der Waals surface area contributed by atoms with E-state index in [1.165, 1.54) is 18.2 Å². The van der Waals surface area contributed by atoms with Gasteiger partial charge < -0.3 is 9.47 Å². The summed E-state index contributed by atoms with van der Waals surface area (Å²) in [4.78, 5) is 34.4. The molecule has 0 aliphatic rings. The lowest BCUT2D eigenvalue weighted by Crippen LogP contribution is -2.26. The number of benzene rings is 1. The Kier molecular flexibility index (Phi) is 7.61. The third kappa shape index (κ3) is 5.19. The van der Waals surface area contributed by atoms with Crippen molar-refractivity contribution in [3.05, 3.63) is 45.5 Å². The first-order valence-electron chi connectivity index (χ1n) is 7.73. The number of nitro groups is 1. The van der Waals surface area contributed by atoms with E-state index < -0.39 is 22.8 Å². The number of ether oxygens (including phenoxy) is 2. The number of nitrogens with zero attached hydrogens (tertiary/aromatic N) is 1. The zero-order valence-corrected chi connectivity index (χ0v) is 14.0. The Bertz CT molecular complexity index is 620. The lowest BCUT2D eigenvalue weighted by molar-refractivity contribution is -0.385. The van der Waals surface area contributed by atoms with Gasteiger partial charge in [-0.25, -0.2) is 0 Å². The highest BCUT2D eigenvalue weighted by atomic mass is 16.6. The Morgan fingerprint density at radius 1 is 1.17 bits per heavy atom. The minimum atomic E-state index is -1.25. The smallest absolute Gasteiger partial charge is 0.324 e. The molecule has 1 aromatic rings. The van der Waals surface area contributed by atoms with Crippen LogP contribution >= 0.6 is 0 Å². The van der Waals surface area contributed by atoms with Crippen LogP contribution in [0.5, 0.6) is 0 Å². The Morgan fingerprint density at radius 3 is 2.21 bits per heavy atom. The summed E-state index contributed by atoms with van der Waals surface area (Å²) < 4.78 is 9.72. The van der Waals surface area contributed by atoms with Gasteiger partial charge in [-0.3, -0.25) is 19.7 Å². The fourth-order valence-corrected chi connectivity index (χ4v) is 2.04. The molecule has 0 aromatic heterocycles. The van der Waals surface area contributed by atoms with E-state index in [4.69, 9.17) is 9.47 Å². The third-order valence-electron chi connectivity index (χ3n) is 3.25. The van der Waals surface area contributed by atoms with Crippen LogP contribution < -0.4 is 0 Å². The molecule has 24 heavy (non-hydrogen) atoms. The molecule has 0 unspecified atom stereocenters. The highest BCUT2D eigenvalue weighted by Crippen LogP contribution is 2.23. The number of carbonyl (C=O) groups is 2. The monoisotopic (exact) mass is 335 g/mol. The summed E-state index contributed by atoms with van der Waals surface area (Å²) >= 11 is 0. The van der Waals surface area contributed by atoms with Crippen molar-refractivity contribution in [2.45, 2.75) is 27.2 Å². The molecule has 0 spiro atoms. The first-order chi connectivity index (χ1) is 11.4. The predicted molar refractivity (Wildman–Crippen MR) is 88.3 cm³/mol. The van der Waals surface area contributed by atoms with E-state index >= 15 is 0 Å². The molecule has 0 aliphatic heterocycles. The molecule has 0 N–H and O–H groups in total. The van der Waals surface area contributed by atoms with Crippen LogP contribution in [0.15, 0.2) is 24.3 Å². The second-order valence-corrected chi connectivity index (χ2v) is 4.84. The molecule has 0 fully saturated rings. The number of hydrogen-bond donors (Lipinski definition) is 0. The normalized spacial score (nSPS) is 10.8. The fraction of sp³-hybridized carbons (Fsp3) is 0.412. The molecule has 7 nitrogen and oxygen atoms in total. The van der Waals surface area contributed by atoms with Crippen LogP contribution in [-0.2, 0) is 25.5 Å². The predicted octanol–water partition coefficient (Wildman–Crippen LogP) is 2.91. The van der Waals surface area contributed by atoms with E-state index in [1.54, 1.807) is 26.0 Å². The maximum atomic E-state index is 11.9. The molecule has 0 aliphatic carbocycles. The van der Waals surface area contributed by atoms with E-state index in [2.05, 4.69) is 0 Å². The van der Waals surface area contributed by atoms with Gasteiger partial charge in [0.2, 0.25) is 0 Å². The molecule has 130 valence electrons. The number of aryl methyl sites for hydroxylation is 1. The summed E-state index contributed by atoms with van der Waals surface area (Å²) in [6.45, 7) is 5.41. The molecule has 0 bridgehead atoms. The van der Waals surface area contributed by atoms with Crippen molar-refractivity contribution in [2.24, 2.45) is 5.92 Å². The molecule has 0 radical (unpaired) electrons. The van der Waals surface area contributed by atoms with Gasteiger partial charge in [-0.15, -0.1) is 0 Å². The largest absolute Gasteiger partial charge is 0.465 e. The van der Waals surface area contributed by atoms with E-state index in [9.17, 15) is 19.7 Å². The molecular formula is C17H21NO6. The second kappa shape index (κ2) is 9.44. The van der Waals surface area contributed by atoms with Crippen LogP contribution in [-0.4, -0.2) is 30.1 Å². The molecule has 1 rings (SSSR count). The molecule has 0 amide bonds. The fourth-order valence-electron chi connectivity index (χ4n) is 2.04. The van der Waals surface area contributed by atoms with Crippen LogP contribution in [0.3, 0.4) is 0 Å². The third-order valence-corrected chi connectivity index (χ3v) is 3.25. The van der Waals surface area contributed by atoms with Crippen LogP contribution in [0.1, 0.15) is 31.9 Å². The van der Waals surface area contributed by atoms with Crippen molar-refractivity contribution in [3.8, 4) is 0 Å². The van der Waals surface area contributed by atoms with Gasteiger partial charge in [0, 0.05) is 6.07 Å². The summed E-state index contributed by atoms with van der Waals surface area (Å²) in [6, 6.07) is 4.73. The highest BCUT2D eigenvalue weighted by Gasteiger charge is 2.27. The quantitative estimate of drug-likeness (QED) is 0.314. The molecular weight excluding hydrogens is 314 g/mol. The molecule has 0 saturated carbocycles. The summed E-state index contributed by atoms with van der Waals surface area (Å²) in [5.41, 5.74) is 1.12. The number of rotatable bonds is 8. The highest BCUT2D eigenvalue weighted by molar-refractivity contribution is 5.97. The van der Waals surface area contributed by atoms with Crippen molar-refractivity contribution in [2.75, 3.05) is 13.2 Å². The maximum absolute atomic E-state index is 11.9. The van der Waals surface area contributed by atoms with Crippen LogP contribution in [0.4, 0.5) is 5.69 Å². The summed E-state index contributed by atoms with van der Waals surface area (Å²) in [7, 11) is 0. The Labute approximate surface area is 140 Å². The number of hydrogen-bond acceptors (Lipinski definition) is 6. The van der Waals surface area contributed by atoms with Crippen molar-refractivity contribution in [3.63, 3.8) is 0 Å². The van der Waals surface area contributed by atoms with E-state index in [1.807, 2.05) is 6.92 Å². The van der Waals surface area contributed by atoms with Crippen molar-refractivity contribution < 1.29 is 24.0 Å². The molecule has 0 saturated heterocycles. The van der Waals surface area contributed by atoms with Gasteiger partial charge in [-0.1, -0.05) is 25.1 Å². The van der Waals surface area contributed by atoms with Crippen LogP contribution in [0.25, 0.3) is 6.08 Å². The minimum absolute atomic E-state index is 0.102. The average molecular weight is 335 g/mol. The second-order valence-electron chi connectivity index (χ2n) is 4.84. The zero-order valence-electron chi connectivity index (χ0n) is 14.0. The maximum Gasteiger partial charge on any atom is 0.324 e. The van der Waals surface area contributed by atoms with E-state index in [0.29, 0.717) is 12.0 Å². The summed E-state index contributed by atoms with van der Waals surface area (Å²) in [6.07, 6.45) is 3.37. The lowest BCUT2D eigenvalue weighted by Gasteiger charge is -2.10. The molecule has 0 atom stereocenters. The zero-order chi connectivity index (χ0) is 18.1. The van der Waals surface area contributed by atoms with Crippen molar-refractivity contribution in [1.29, 1.82) is 0 Å². The SMILES string of the molecule is CCOC(=O)C(C=Cc1cc(CC)ccc1[N+](=O)[O-])C(=O)OCC. The lowest BCUT2D eigenvalue weighted by atomic mass is 10.0. The Balaban J connectivity index is 3.18. The average Bonchev–Trinajstić information content (AvgIpc) is 2.55. The van der Waals surface area contributed by atoms with Crippen LogP contribution in [0, 0.1) is 16.0 Å². The Morgan fingerprint density at radius 2 is 1.75 bits per heavy atom. The number of carbonyl (C=O) groups excluding carboxylic acids is 2. The standard InChI is InChI=1S/C17H21NO6/c1-4-12-7-10-15(18(21)22)13(11-12)8-9-14(16(19)23-5-2)17(20)24-6-3/h7-11,14H,4-6H2,1-3H3. The Hall–Kier alpha value is -2.70.